The maximum atomic E-state index is 5.34. The largest absolute Gasteiger partial charge is 0.253 e. The summed E-state index contributed by atoms with van der Waals surface area (Å²) in [5.74, 6) is 0.179. The molecule has 0 amide bonds. The highest BCUT2D eigenvalue weighted by Gasteiger charge is 2.15. The van der Waals surface area contributed by atoms with Crippen molar-refractivity contribution >= 4 is 23.1 Å². The normalized spacial score (nSPS) is 13.4. The molecule has 1 aliphatic rings. The van der Waals surface area contributed by atoms with Crippen LogP contribution in [0.5, 0.6) is 0 Å². The van der Waals surface area contributed by atoms with Gasteiger partial charge in [0.05, 0.1) is 5.70 Å². The Labute approximate surface area is 316 Å². The number of aryl methyl sites for hydroxylation is 2. The maximum Gasteiger partial charge on any atom is 0.0671 e. The monoisotopic (exact) mass is 687 g/mol. The molecule has 1 atom stereocenters. The van der Waals surface area contributed by atoms with Crippen LogP contribution in [-0.4, -0.2) is 5.71 Å². The van der Waals surface area contributed by atoms with Gasteiger partial charge in [0.15, 0.2) is 0 Å². The van der Waals surface area contributed by atoms with E-state index in [9.17, 15) is 0 Å². The molecule has 262 valence electrons. The molecule has 0 fully saturated rings. The number of aliphatic imine (C=N–C) groups is 1. The fourth-order valence-corrected chi connectivity index (χ4v) is 7.54. The third-order valence-corrected chi connectivity index (χ3v) is 10.6. The number of fused-ring (bicyclic) bond motifs is 1. The van der Waals surface area contributed by atoms with E-state index in [-0.39, 0.29) is 5.92 Å². The van der Waals surface area contributed by atoms with Crippen LogP contribution in [-0.2, 0) is 12.8 Å². The van der Waals surface area contributed by atoms with Gasteiger partial charge in [-0.05, 0) is 117 Å². The van der Waals surface area contributed by atoms with Crippen LogP contribution in [0.15, 0.2) is 169 Å². The lowest BCUT2D eigenvalue weighted by Crippen LogP contribution is -2.03. The van der Waals surface area contributed by atoms with Crippen LogP contribution in [0.25, 0.3) is 39.6 Å². The predicted octanol–water partition coefficient (Wildman–Crippen LogP) is 13.9. The first kappa shape index (κ1) is 35.6. The van der Waals surface area contributed by atoms with Crippen LogP contribution in [0.2, 0.25) is 0 Å². The van der Waals surface area contributed by atoms with E-state index < -0.39 is 0 Å². The van der Waals surface area contributed by atoms with E-state index in [1.807, 2.05) is 0 Å². The van der Waals surface area contributed by atoms with Gasteiger partial charge in [0.1, 0.15) is 0 Å². The van der Waals surface area contributed by atoms with Crippen molar-refractivity contribution in [1.29, 1.82) is 0 Å². The van der Waals surface area contributed by atoms with Crippen molar-refractivity contribution in [1.82, 2.24) is 0 Å². The van der Waals surface area contributed by atoms with Gasteiger partial charge in [-0.25, -0.2) is 0 Å². The van der Waals surface area contributed by atoms with Crippen LogP contribution < -0.4 is 0 Å². The number of hydrogen-bond acceptors (Lipinski definition) is 1. The number of nitrogens with zero attached hydrogens (tertiary/aromatic N) is 1. The van der Waals surface area contributed by atoms with Gasteiger partial charge < -0.3 is 0 Å². The molecule has 0 N–H and O–H groups in total. The number of hydrogen-bond donors (Lipinski definition) is 0. The average molecular weight is 688 g/mol. The molecule has 0 aliphatic heterocycles. The van der Waals surface area contributed by atoms with Crippen LogP contribution in [0.4, 0.5) is 0 Å². The van der Waals surface area contributed by atoms with Gasteiger partial charge in [0.25, 0.3) is 0 Å². The first-order chi connectivity index (χ1) is 26.0. The highest BCUT2D eigenvalue weighted by Crippen LogP contribution is 2.34. The predicted molar refractivity (Wildman–Crippen MR) is 229 cm³/mol. The summed E-state index contributed by atoms with van der Waals surface area (Å²) in [6.07, 6.45) is 11.8. The Morgan fingerprint density at radius 2 is 1.34 bits per heavy atom. The molecule has 6 aromatic carbocycles. The van der Waals surface area contributed by atoms with Crippen LogP contribution in [0.1, 0.15) is 77.6 Å². The van der Waals surface area contributed by atoms with Crippen molar-refractivity contribution in [2.24, 2.45) is 10.9 Å². The van der Waals surface area contributed by atoms with Crippen LogP contribution in [0, 0.1) is 12.8 Å². The Hall–Kier alpha value is -5.79. The number of benzene rings is 6. The zero-order valence-electron chi connectivity index (χ0n) is 31.4. The van der Waals surface area contributed by atoms with Crippen molar-refractivity contribution in [3.05, 3.63) is 209 Å². The third kappa shape index (κ3) is 8.32. The Balaban J connectivity index is 1.11. The summed E-state index contributed by atoms with van der Waals surface area (Å²) in [6.45, 7) is 11.2. The van der Waals surface area contributed by atoms with Gasteiger partial charge in [0, 0.05) is 11.6 Å². The zero-order chi connectivity index (χ0) is 36.6. The standard InChI is InChI=1S/C52H49N/c1-5-40(38(4)41-17-9-7-10-18-41)36-52(44-19-11-8-12-20-44)53-51(6-2)45-31-29-43(30-32-45)42-27-25-39(26-28-42)34-48-23-15-16-24-49(48)50-35-47-22-14-13-21-46(47)33-37(50)3/h7-12,14-20,22-33,35-36,40H,4-6,13,21,34H2,1-3H3/b52-36-,53-51+/t40-/m0/s1. The highest BCUT2D eigenvalue weighted by atomic mass is 14.8. The molecular weight excluding hydrogens is 639 g/mol. The summed E-state index contributed by atoms with van der Waals surface area (Å²) in [6, 6.07) is 52.7. The smallest absolute Gasteiger partial charge is 0.0671 e. The molecule has 0 bridgehead atoms. The second kappa shape index (κ2) is 16.7. The molecule has 1 aliphatic carbocycles. The van der Waals surface area contributed by atoms with Gasteiger partial charge in [0.2, 0.25) is 0 Å². The molecular formula is C52H49N. The molecule has 0 spiro atoms. The fourth-order valence-electron chi connectivity index (χ4n) is 7.54. The average Bonchev–Trinajstić information content (AvgIpc) is 3.22. The van der Waals surface area contributed by atoms with E-state index in [0.29, 0.717) is 0 Å². The van der Waals surface area contributed by atoms with Crippen molar-refractivity contribution in [2.45, 2.75) is 52.9 Å². The molecule has 1 nitrogen and oxygen atoms in total. The minimum Gasteiger partial charge on any atom is -0.253 e. The van der Waals surface area contributed by atoms with Crippen molar-refractivity contribution in [2.75, 3.05) is 0 Å². The minimum absolute atomic E-state index is 0.179. The molecule has 0 unspecified atom stereocenters. The zero-order valence-corrected chi connectivity index (χ0v) is 31.4. The SMILES string of the molecule is C=C(c1ccccc1)[C@H](/C=C(\N=C(/CC)c1ccc(-c2ccc(Cc3ccccc3-c3cc4c(cc3C)CCC=C4)cc2)cc1)c1ccccc1)CC. The second-order valence-electron chi connectivity index (χ2n) is 14.2. The number of rotatable bonds is 12. The summed E-state index contributed by atoms with van der Waals surface area (Å²) in [7, 11) is 0. The van der Waals surface area contributed by atoms with Crippen molar-refractivity contribution < 1.29 is 0 Å². The molecule has 1 heteroatoms. The van der Waals surface area contributed by atoms with E-state index in [1.165, 1.54) is 55.6 Å². The van der Waals surface area contributed by atoms with Gasteiger partial charge in [-0.2, -0.15) is 0 Å². The van der Waals surface area contributed by atoms with Crippen LogP contribution in [0.3, 0.4) is 0 Å². The first-order valence-electron chi connectivity index (χ1n) is 19.2. The molecule has 0 radical (unpaired) electrons. The van der Waals surface area contributed by atoms with E-state index in [0.717, 1.165) is 60.2 Å². The summed E-state index contributed by atoms with van der Waals surface area (Å²) in [5.41, 5.74) is 18.6. The van der Waals surface area contributed by atoms with E-state index in [1.54, 1.807) is 0 Å². The minimum atomic E-state index is 0.179. The maximum absolute atomic E-state index is 5.34. The van der Waals surface area contributed by atoms with Gasteiger partial charge >= 0.3 is 0 Å². The number of allylic oxidation sites excluding steroid dienone is 3. The topological polar surface area (TPSA) is 12.4 Å². The quantitative estimate of drug-likeness (QED) is 0.114. The Morgan fingerprint density at radius 1 is 0.698 bits per heavy atom. The molecule has 0 saturated heterocycles. The summed E-state index contributed by atoms with van der Waals surface area (Å²) in [4.78, 5) is 5.34. The molecule has 0 aromatic heterocycles. The Bertz CT molecular complexity index is 2270. The second-order valence-corrected chi connectivity index (χ2v) is 14.2. The molecule has 7 rings (SSSR count). The summed E-state index contributed by atoms with van der Waals surface area (Å²) >= 11 is 0. The van der Waals surface area contributed by atoms with Gasteiger partial charge in [-0.3, -0.25) is 4.99 Å². The molecule has 53 heavy (non-hydrogen) atoms. The lowest BCUT2D eigenvalue weighted by molar-refractivity contribution is 0.795. The Morgan fingerprint density at radius 3 is 2.02 bits per heavy atom. The van der Waals surface area contributed by atoms with Gasteiger partial charge in [-0.15, -0.1) is 0 Å². The third-order valence-electron chi connectivity index (χ3n) is 10.6. The molecule has 0 heterocycles. The van der Waals surface area contributed by atoms with Crippen molar-refractivity contribution in [3.8, 4) is 22.3 Å². The Kier molecular flexibility index (Phi) is 11.2. The lowest BCUT2D eigenvalue weighted by Gasteiger charge is -2.17. The van der Waals surface area contributed by atoms with Gasteiger partial charge in [-0.1, -0.05) is 178 Å². The van der Waals surface area contributed by atoms with E-state index in [4.69, 9.17) is 4.99 Å². The molecule has 0 saturated carbocycles. The summed E-state index contributed by atoms with van der Waals surface area (Å²) in [5, 5.41) is 0. The highest BCUT2D eigenvalue weighted by molar-refractivity contribution is 6.03. The summed E-state index contributed by atoms with van der Waals surface area (Å²) < 4.78 is 0. The van der Waals surface area contributed by atoms with E-state index >= 15 is 0 Å². The lowest BCUT2D eigenvalue weighted by atomic mass is 9.87. The van der Waals surface area contributed by atoms with Crippen LogP contribution >= 0.6 is 0 Å². The van der Waals surface area contributed by atoms with Crippen molar-refractivity contribution in [3.63, 3.8) is 0 Å². The fraction of sp³-hybridized carbons (Fsp3) is 0.173. The first-order valence-corrected chi connectivity index (χ1v) is 19.2. The van der Waals surface area contributed by atoms with E-state index in [2.05, 4.69) is 191 Å². The molecule has 6 aromatic rings.